The molecule has 0 aromatic heterocycles. The summed E-state index contributed by atoms with van der Waals surface area (Å²) in [5, 5.41) is 0. The molecule has 4 fully saturated rings. The number of hydrogen-bond donors (Lipinski definition) is 2. The Balaban J connectivity index is 1.33. The van der Waals surface area contributed by atoms with Gasteiger partial charge in [-0.25, -0.2) is 4.39 Å². The van der Waals surface area contributed by atoms with Crippen molar-refractivity contribution in [2.75, 3.05) is 12.8 Å². The summed E-state index contributed by atoms with van der Waals surface area (Å²) in [5.41, 5.74) is 0.371. The molecule has 0 aliphatic heterocycles. The summed E-state index contributed by atoms with van der Waals surface area (Å²) in [5.74, 6) is 0.373. The first kappa shape index (κ1) is 21.3. The summed E-state index contributed by atoms with van der Waals surface area (Å²) in [6, 6.07) is 3.33. The van der Waals surface area contributed by atoms with E-state index in [1.54, 1.807) is 12.1 Å². The highest BCUT2D eigenvalue weighted by Crippen LogP contribution is 2.61. The van der Waals surface area contributed by atoms with Crippen molar-refractivity contribution >= 4 is 7.60 Å². The fourth-order valence-electron chi connectivity index (χ4n) is 6.45. The first-order valence-electron chi connectivity index (χ1n) is 10.9. The molecule has 4 aliphatic carbocycles. The van der Waals surface area contributed by atoms with Gasteiger partial charge >= 0.3 is 7.60 Å². The van der Waals surface area contributed by atoms with E-state index >= 15 is 4.39 Å². The average Bonchev–Trinajstić information content (AvgIpc) is 2.62. The largest absolute Gasteiger partial charge is 0.490 e. The van der Waals surface area contributed by atoms with Gasteiger partial charge in [0, 0.05) is 6.16 Å². The molecule has 0 spiro atoms. The number of hydrogen-bond acceptors (Lipinski definition) is 2. The van der Waals surface area contributed by atoms with Crippen molar-refractivity contribution in [1.29, 1.82) is 0 Å². The van der Waals surface area contributed by atoms with Crippen molar-refractivity contribution in [3.63, 3.8) is 0 Å². The van der Waals surface area contributed by atoms with Gasteiger partial charge in [-0.2, -0.15) is 4.39 Å². The van der Waals surface area contributed by atoms with Gasteiger partial charge < -0.3 is 14.5 Å². The van der Waals surface area contributed by atoms with Crippen LogP contribution in [0.3, 0.4) is 0 Å². The first-order valence-corrected chi connectivity index (χ1v) is 12.7. The third-order valence-corrected chi connectivity index (χ3v) is 8.16. The van der Waals surface area contributed by atoms with E-state index < -0.39 is 19.2 Å². The number of rotatable bonds is 9. The molecule has 0 atom stereocenters. The molecule has 4 aliphatic rings. The van der Waals surface area contributed by atoms with E-state index in [0.29, 0.717) is 42.6 Å². The van der Waals surface area contributed by atoms with Crippen LogP contribution in [-0.4, -0.2) is 22.6 Å². The maximum Gasteiger partial charge on any atom is 0.325 e. The molecule has 0 radical (unpaired) electrons. The van der Waals surface area contributed by atoms with E-state index in [1.807, 2.05) is 0 Å². The third-order valence-electron chi connectivity index (χ3n) is 7.26. The van der Waals surface area contributed by atoms with Gasteiger partial charge in [-0.05, 0) is 86.2 Å². The lowest BCUT2D eigenvalue weighted by Crippen LogP contribution is -2.49. The van der Waals surface area contributed by atoms with Gasteiger partial charge in [0.15, 0.2) is 11.6 Å². The number of benzene rings is 1. The fourth-order valence-corrected chi connectivity index (χ4v) is 7.08. The molecule has 0 heterocycles. The Hall–Kier alpha value is -0.970. The van der Waals surface area contributed by atoms with Crippen molar-refractivity contribution in [3.05, 3.63) is 29.3 Å². The first-order chi connectivity index (χ1) is 13.8. The summed E-state index contributed by atoms with van der Waals surface area (Å²) in [6.45, 7) is 0.267. The van der Waals surface area contributed by atoms with Crippen LogP contribution in [0.4, 0.5) is 8.78 Å². The second kappa shape index (κ2) is 8.28. The molecule has 1 aromatic carbocycles. The zero-order chi connectivity index (χ0) is 20.6. The maximum absolute atomic E-state index is 15.0. The molecule has 0 amide bonds. The van der Waals surface area contributed by atoms with Crippen LogP contribution in [0.5, 0.6) is 5.75 Å². The highest BCUT2D eigenvalue weighted by Gasteiger charge is 2.52. The molecular formula is C22H31F2O4P. The Labute approximate surface area is 171 Å². The van der Waals surface area contributed by atoms with Gasteiger partial charge in [0.2, 0.25) is 5.82 Å². The van der Waals surface area contributed by atoms with Gasteiger partial charge in [0.05, 0.1) is 6.61 Å². The van der Waals surface area contributed by atoms with Crippen LogP contribution in [0.1, 0.15) is 69.8 Å². The SMILES string of the molecule is O=P(O)(O)CCCCCCOc1ccc([C@]23CC4CC(C[C@H](C4)C2)C3)c(F)c1F. The van der Waals surface area contributed by atoms with Crippen LogP contribution < -0.4 is 4.74 Å². The van der Waals surface area contributed by atoms with Crippen LogP contribution in [0.25, 0.3) is 0 Å². The summed E-state index contributed by atoms with van der Waals surface area (Å²) >= 11 is 0. The molecule has 162 valence electrons. The predicted molar refractivity (Wildman–Crippen MR) is 107 cm³/mol. The molecule has 29 heavy (non-hydrogen) atoms. The minimum atomic E-state index is -3.93. The van der Waals surface area contributed by atoms with E-state index in [-0.39, 0.29) is 23.9 Å². The molecular weight excluding hydrogens is 397 g/mol. The maximum atomic E-state index is 15.0. The number of ether oxygens (including phenoxy) is 1. The van der Waals surface area contributed by atoms with E-state index in [4.69, 9.17) is 14.5 Å². The molecule has 0 unspecified atom stereocenters. The van der Waals surface area contributed by atoms with Crippen molar-refractivity contribution in [2.24, 2.45) is 17.8 Å². The Morgan fingerprint density at radius 2 is 1.52 bits per heavy atom. The topological polar surface area (TPSA) is 66.8 Å². The second-order valence-electron chi connectivity index (χ2n) is 9.59. The quantitative estimate of drug-likeness (QED) is 0.400. The van der Waals surface area contributed by atoms with E-state index in [2.05, 4.69) is 0 Å². The summed E-state index contributed by atoms with van der Waals surface area (Å²) in [4.78, 5) is 17.6. The van der Waals surface area contributed by atoms with Crippen LogP contribution >= 0.6 is 7.60 Å². The molecule has 4 saturated carbocycles. The van der Waals surface area contributed by atoms with Crippen molar-refractivity contribution < 1.29 is 27.9 Å². The Morgan fingerprint density at radius 3 is 2.10 bits per heavy atom. The van der Waals surface area contributed by atoms with Gasteiger partial charge in [0.25, 0.3) is 0 Å². The molecule has 4 nitrogen and oxygen atoms in total. The zero-order valence-electron chi connectivity index (χ0n) is 16.8. The summed E-state index contributed by atoms with van der Waals surface area (Å²) < 4.78 is 46.0. The molecule has 5 rings (SSSR count). The van der Waals surface area contributed by atoms with E-state index in [1.165, 1.54) is 19.3 Å². The number of halogens is 2. The van der Waals surface area contributed by atoms with Gasteiger partial charge in [0.1, 0.15) is 0 Å². The monoisotopic (exact) mass is 428 g/mol. The zero-order valence-corrected chi connectivity index (χ0v) is 17.7. The lowest BCUT2D eigenvalue weighted by Gasteiger charge is -2.57. The van der Waals surface area contributed by atoms with Crippen molar-refractivity contribution in [1.82, 2.24) is 0 Å². The van der Waals surface area contributed by atoms with Gasteiger partial charge in [-0.1, -0.05) is 18.9 Å². The van der Waals surface area contributed by atoms with Crippen LogP contribution in [-0.2, 0) is 9.98 Å². The smallest absolute Gasteiger partial charge is 0.325 e. The molecule has 1 aromatic rings. The Morgan fingerprint density at radius 1 is 0.931 bits per heavy atom. The minimum Gasteiger partial charge on any atom is -0.490 e. The normalized spacial score (nSPS) is 30.7. The van der Waals surface area contributed by atoms with E-state index in [9.17, 15) is 8.96 Å². The fraction of sp³-hybridized carbons (Fsp3) is 0.727. The highest BCUT2D eigenvalue weighted by atomic mass is 31.2. The summed E-state index contributed by atoms with van der Waals surface area (Å²) in [6.07, 6.45) is 9.14. The molecule has 0 saturated heterocycles. The average molecular weight is 428 g/mol. The second-order valence-corrected chi connectivity index (χ2v) is 11.4. The standard InChI is InChI=1S/C22H31F2O4P/c23-20-18(22-12-15-9-16(13-22)11-17(10-15)14-22)5-6-19(21(20)24)28-7-3-1-2-4-8-29(25,26)27/h5-6,15-17H,1-4,7-14H2,(H2,25,26,27)/t15-,16?,17?,22-. The predicted octanol–water partition coefficient (Wildman–Crippen LogP) is 5.55. The number of unbranched alkanes of at least 4 members (excludes halogenated alkanes) is 3. The van der Waals surface area contributed by atoms with E-state index in [0.717, 1.165) is 25.7 Å². The van der Waals surface area contributed by atoms with Crippen LogP contribution in [0, 0.1) is 29.4 Å². The summed E-state index contributed by atoms with van der Waals surface area (Å²) in [7, 11) is -3.93. The van der Waals surface area contributed by atoms with Gasteiger partial charge in [-0.15, -0.1) is 0 Å². The van der Waals surface area contributed by atoms with Crippen LogP contribution in [0.2, 0.25) is 0 Å². The van der Waals surface area contributed by atoms with Crippen molar-refractivity contribution in [2.45, 2.75) is 69.6 Å². The molecule has 4 bridgehead atoms. The van der Waals surface area contributed by atoms with Crippen molar-refractivity contribution in [3.8, 4) is 5.75 Å². The lowest BCUT2D eigenvalue weighted by molar-refractivity contribution is -0.00708. The van der Waals surface area contributed by atoms with Crippen LogP contribution in [0.15, 0.2) is 12.1 Å². The molecule has 7 heteroatoms. The minimum absolute atomic E-state index is 0.0359. The Kier molecular flexibility index (Phi) is 6.07. The highest BCUT2D eigenvalue weighted by molar-refractivity contribution is 7.51. The molecule has 2 N–H and O–H groups in total. The lowest BCUT2D eigenvalue weighted by atomic mass is 9.48. The van der Waals surface area contributed by atoms with Gasteiger partial charge in [-0.3, -0.25) is 4.57 Å². The Bertz CT molecular complexity index is 756. The third kappa shape index (κ3) is 4.70.